The number of carbonyl (C=O) groups is 2. The zero-order valence-corrected chi connectivity index (χ0v) is 34.5. The minimum absolute atomic E-state index is 0.150. The van der Waals surface area contributed by atoms with E-state index in [2.05, 4.69) is 0 Å². The second-order valence-corrected chi connectivity index (χ2v) is 15.3. The van der Waals surface area contributed by atoms with E-state index >= 15 is 0 Å². The maximum atomic E-state index is 14.7. The van der Waals surface area contributed by atoms with E-state index in [9.17, 15) is 112 Å². The van der Waals surface area contributed by atoms with Gasteiger partial charge in [0.05, 0.1) is 24.3 Å². The van der Waals surface area contributed by atoms with Gasteiger partial charge in [0.25, 0.3) is 0 Å². The Bertz CT molecular complexity index is 2360. The molecule has 0 amide bonds. The van der Waals surface area contributed by atoms with Gasteiger partial charge in [0, 0.05) is 35.6 Å². The molecule has 4 aromatic rings. The molecule has 0 spiro atoms. The number of carbonyl (C=O) groups excluding carboxylic acids is 2. The van der Waals surface area contributed by atoms with Crippen molar-refractivity contribution >= 4 is 11.6 Å². The van der Waals surface area contributed by atoms with Crippen LogP contribution < -0.4 is 9.47 Å². The highest BCUT2D eigenvalue weighted by Gasteiger charge is 2.97. The summed E-state index contributed by atoms with van der Waals surface area (Å²) >= 11 is 0. The zero-order chi connectivity index (χ0) is 53.3. The van der Waals surface area contributed by atoms with Crippen LogP contribution in [0.2, 0.25) is 0 Å². The molecular formula is C43H31F21O6. The molecule has 4 rings (SSSR count). The van der Waals surface area contributed by atoms with Gasteiger partial charge >= 0.3 is 59.5 Å². The Morgan fingerprint density at radius 1 is 0.429 bits per heavy atom. The lowest BCUT2D eigenvalue weighted by atomic mass is 9.85. The Morgan fingerprint density at radius 2 is 0.757 bits per heavy atom. The van der Waals surface area contributed by atoms with E-state index in [1.165, 1.54) is 48.5 Å². The molecule has 0 aliphatic heterocycles. The van der Waals surface area contributed by atoms with E-state index in [4.69, 9.17) is 9.47 Å². The first-order valence-corrected chi connectivity index (χ1v) is 19.4. The average molecular weight is 1040 g/mol. The van der Waals surface area contributed by atoms with Gasteiger partial charge in [-0.2, -0.15) is 92.2 Å². The van der Waals surface area contributed by atoms with Crippen molar-refractivity contribution in [3.8, 4) is 23.0 Å². The highest BCUT2D eigenvalue weighted by Crippen LogP contribution is 2.66. The summed E-state index contributed by atoms with van der Waals surface area (Å²) in [5, 5.41) is 21.0. The molecule has 0 unspecified atom stereocenters. The summed E-state index contributed by atoms with van der Waals surface area (Å²) in [5.41, 5.74) is -0.151. The summed E-state index contributed by atoms with van der Waals surface area (Å²) in [7, 11) is 0. The van der Waals surface area contributed by atoms with E-state index in [1.54, 1.807) is 12.1 Å². The number of rotatable bonds is 23. The second kappa shape index (κ2) is 19.6. The minimum Gasteiger partial charge on any atom is -0.507 e. The number of alkyl halides is 21. The van der Waals surface area contributed by atoms with Gasteiger partial charge < -0.3 is 19.7 Å². The van der Waals surface area contributed by atoms with Crippen LogP contribution in [0.25, 0.3) is 0 Å². The Hall–Kier alpha value is -6.05. The van der Waals surface area contributed by atoms with Crippen molar-refractivity contribution in [2.45, 2.75) is 85.2 Å². The van der Waals surface area contributed by atoms with E-state index in [0.717, 1.165) is 36.4 Å². The molecule has 6 nitrogen and oxygen atoms in total. The van der Waals surface area contributed by atoms with Crippen LogP contribution in [0, 0.1) is 5.92 Å². The van der Waals surface area contributed by atoms with E-state index in [1.807, 2.05) is 0 Å². The quantitative estimate of drug-likeness (QED) is 0.0437. The number of unbranched alkanes of at least 4 members (excludes halogenated alkanes) is 1. The first-order valence-electron chi connectivity index (χ1n) is 19.4. The molecule has 0 bridgehead atoms. The normalized spacial score (nSPS) is 13.9. The van der Waals surface area contributed by atoms with Crippen molar-refractivity contribution in [3.63, 3.8) is 0 Å². The summed E-state index contributed by atoms with van der Waals surface area (Å²) in [4.78, 5) is 25.6. The first-order chi connectivity index (χ1) is 31.9. The predicted molar refractivity (Wildman–Crippen MR) is 199 cm³/mol. The van der Waals surface area contributed by atoms with Crippen LogP contribution in [0.4, 0.5) is 92.2 Å². The van der Waals surface area contributed by atoms with Crippen LogP contribution >= 0.6 is 0 Å². The van der Waals surface area contributed by atoms with Crippen molar-refractivity contribution in [3.05, 3.63) is 119 Å². The second-order valence-electron chi connectivity index (χ2n) is 15.3. The Balaban J connectivity index is 1.54. The predicted octanol–water partition coefficient (Wildman–Crippen LogP) is 13.5. The highest BCUT2D eigenvalue weighted by atomic mass is 19.4. The molecule has 0 saturated carbocycles. The maximum absolute atomic E-state index is 14.7. The summed E-state index contributed by atoms with van der Waals surface area (Å²) in [5.74, 6) is -81.9. The van der Waals surface area contributed by atoms with Gasteiger partial charge in [-0.25, -0.2) is 0 Å². The van der Waals surface area contributed by atoms with Crippen molar-refractivity contribution in [1.29, 1.82) is 0 Å². The number of halogens is 21. The monoisotopic (exact) mass is 1040 g/mol. The molecule has 0 aliphatic rings. The number of hydrogen-bond donors (Lipinski definition) is 2. The minimum atomic E-state index is -9.27. The molecule has 0 saturated heterocycles. The lowest BCUT2D eigenvalue weighted by molar-refractivity contribution is -0.474. The summed E-state index contributed by atoms with van der Waals surface area (Å²) < 4.78 is 302. The van der Waals surface area contributed by atoms with Crippen LogP contribution in [-0.4, -0.2) is 94.5 Å². The van der Waals surface area contributed by atoms with Gasteiger partial charge in [0.2, 0.25) is 0 Å². The fourth-order valence-corrected chi connectivity index (χ4v) is 6.25. The molecule has 0 aliphatic carbocycles. The number of hydrogen-bond acceptors (Lipinski definition) is 6. The molecule has 0 aromatic heterocycles. The summed E-state index contributed by atoms with van der Waals surface area (Å²) in [6, 6.07) is 21.3. The molecular weight excluding hydrogens is 1010 g/mol. The molecule has 27 heteroatoms. The van der Waals surface area contributed by atoms with Gasteiger partial charge in [-0.3, -0.25) is 9.59 Å². The van der Waals surface area contributed by atoms with Gasteiger partial charge in [-0.05, 0) is 37.1 Å². The highest BCUT2D eigenvalue weighted by molar-refractivity contribution is 6.11. The van der Waals surface area contributed by atoms with Crippen LogP contribution in [0.5, 0.6) is 23.0 Å². The number of phenolic OH excluding ortho intramolecular Hbond substituents is 2. The van der Waals surface area contributed by atoms with Crippen LogP contribution in [0.1, 0.15) is 57.5 Å². The smallest absolute Gasteiger partial charge is 0.460 e. The summed E-state index contributed by atoms with van der Waals surface area (Å²) in [6.45, 7) is -1.25. The maximum Gasteiger partial charge on any atom is 0.460 e. The van der Waals surface area contributed by atoms with Gasteiger partial charge in [-0.1, -0.05) is 67.1 Å². The molecule has 4 aromatic carbocycles. The number of ether oxygens (including phenoxy) is 2. The standard InChI is InChI=1S/C43H31F21O6/c44-34(45,35(46,47)36(48,49)37(50,51)38(52,53)39(54,55)40(56,57)41(58,59)42(60,61)43(62,63)64)18-8-7-9-23(21-69-26-14-16-28(30(65)19-26)32(67)24-10-3-1-4-11-24)22-70-27-15-17-29(31(66)20-27)33(68)25-12-5-2-6-13-25/h1-6,10-17,19-20,23,65-66H,7-9,18,21-22H2. The van der Waals surface area contributed by atoms with Gasteiger partial charge in [-0.15, -0.1) is 0 Å². The third-order valence-corrected chi connectivity index (χ3v) is 10.4. The molecule has 70 heavy (non-hydrogen) atoms. The third-order valence-electron chi connectivity index (χ3n) is 10.4. The van der Waals surface area contributed by atoms with Crippen molar-refractivity contribution in [1.82, 2.24) is 0 Å². The Labute approximate surface area is 379 Å². The van der Waals surface area contributed by atoms with E-state index in [-0.39, 0.29) is 33.8 Å². The number of ketones is 2. The number of phenols is 2. The number of benzene rings is 4. The molecule has 2 N–H and O–H groups in total. The molecule has 0 radical (unpaired) electrons. The number of aromatic hydroxyl groups is 2. The van der Waals surface area contributed by atoms with Crippen LogP contribution in [0.15, 0.2) is 97.1 Å². The zero-order valence-electron chi connectivity index (χ0n) is 34.5. The fourth-order valence-electron chi connectivity index (χ4n) is 6.25. The summed E-state index contributed by atoms with van der Waals surface area (Å²) in [6.07, 6.45) is -13.9. The largest absolute Gasteiger partial charge is 0.507 e. The van der Waals surface area contributed by atoms with Crippen molar-refractivity contribution in [2.24, 2.45) is 5.92 Å². The molecule has 0 fully saturated rings. The molecule has 0 atom stereocenters. The lowest BCUT2D eigenvalue weighted by Gasteiger charge is -2.44. The lowest BCUT2D eigenvalue weighted by Crippen LogP contribution is -2.76. The van der Waals surface area contributed by atoms with E-state index in [0.29, 0.717) is 0 Å². The van der Waals surface area contributed by atoms with Crippen LogP contribution in [0.3, 0.4) is 0 Å². The third kappa shape index (κ3) is 10.1. The average Bonchev–Trinajstić information content (AvgIpc) is 3.27. The van der Waals surface area contributed by atoms with Crippen LogP contribution in [-0.2, 0) is 0 Å². The fraction of sp³-hybridized carbons (Fsp3) is 0.395. The van der Waals surface area contributed by atoms with Gasteiger partial charge in [0.15, 0.2) is 11.6 Å². The topological polar surface area (TPSA) is 93.1 Å². The van der Waals surface area contributed by atoms with Gasteiger partial charge in [0.1, 0.15) is 23.0 Å². The van der Waals surface area contributed by atoms with Crippen molar-refractivity contribution in [2.75, 3.05) is 13.2 Å². The molecule has 0 heterocycles. The SMILES string of the molecule is O=C(c1ccccc1)c1ccc(OCC(CCCCC(F)(F)C(F)(F)C(F)(F)C(F)(F)C(F)(F)C(F)(F)C(F)(F)C(F)(F)C(F)(F)C(F)(F)F)COc2ccc(C(=O)c3ccccc3)c(O)c2)cc1O. The molecule has 386 valence electrons. The first kappa shape index (κ1) is 56.5. The van der Waals surface area contributed by atoms with E-state index < -0.39 is 127 Å². The Morgan fingerprint density at radius 3 is 1.09 bits per heavy atom. The van der Waals surface area contributed by atoms with Crippen molar-refractivity contribution < 1.29 is 121 Å². The Kier molecular flexibility index (Phi) is 15.9.